The van der Waals surface area contributed by atoms with Gasteiger partial charge in [-0.05, 0) is 25.8 Å². The van der Waals surface area contributed by atoms with Crippen LogP contribution in [-0.4, -0.2) is 16.6 Å². The predicted octanol–water partition coefficient (Wildman–Crippen LogP) is 4.06. The van der Waals surface area contributed by atoms with Crippen molar-refractivity contribution in [3.63, 3.8) is 0 Å². The second-order valence-corrected chi connectivity index (χ2v) is 4.96. The highest BCUT2D eigenvalue weighted by molar-refractivity contribution is 9.10. The molecule has 0 amide bonds. The quantitative estimate of drug-likeness (QED) is 0.577. The van der Waals surface area contributed by atoms with E-state index in [0.29, 0.717) is 10.9 Å². The summed E-state index contributed by atoms with van der Waals surface area (Å²) < 4.78 is 0. The highest BCUT2D eigenvalue weighted by Crippen LogP contribution is 2.15. The van der Waals surface area contributed by atoms with Crippen molar-refractivity contribution in [2.24, 2.45) is 4.99 Å². The lowest BCUT2D eigenvalue weighted by Crippen LogP contribution is -2.16. The Morgan fingerprint density at radius 3 is 2.33 bits per heavy atom. The van der Waals surface area contributed by atoms with Crippen molar-refractivity contribution in [2.75, 3.05) is 0 Å². The molecule has 1 rings (SSSR count). The number of benzene rings is 1. The molecule has 0 radical (unpaired) electrons. The zero-order valence-electron chi connectivity index (χ0n) is 9.57. The van der Waals surface area contributed by atoms with E-state index >= 15 is 0 Å². The molecule has 1 aromatic rings. The second-order valence-electron chi connectivity index (χ2n) is 3.85. The largest absolute Gasteiger partial charge is 0.285 e. The molecule has 1 unspecified atom stereocenters. The monoisotopic (exact) mass is 267 g/mol. The highest BCUT2D eigenvalue weighted by atomic mass is 79.9. The molecular weight excluding hydrogens is 250 g/mol. The van der Waals surface area contributed by atoms with Gasteiger partial charge in [0.15, 0.2) is 0 Å². The molecule has 0 aliphatic rings. The first-order valence-electron chi connectivity index (χ1n) is 5.42. The fourth-order valence-corrected chi connectivity index (χ4v) is 1.80. The third-order valence-electron chi connectivity index (χ3n) is 2.12. The molecule has 15 heavy (non-hydrogen) atoms. The molecule has 2 heteroatoms. The molecule has 0 fully saturated rings. The SMILES string of the molecule is CCC(Br)C(=NC(C)C)c1ccccc1. The van der Waals surface area contributed by atoms with Crippen LogP contribution in [0.3, 0.4) is 0 Å². The second kappa shape index (κ2) is 6.06. The summed E-state index contributed by atoms with van der Waals surface area (Å²) in [6.07, 6.45) is 1.06. The molecule has 1 aromatic carbocycles. The van der Waals surface area contributed by atoms with Gasteiger partial charge in [-0.15, -0.1) is 0 Å². The Bertz CT molecular complexity index is 317. The van der Waals surface area contributed by atoms with Crippen LogP contribution in [0.25, 0.3) is 0 Å². The Labute approximate surface area is 101 Å². The lowest BCUT2D eigenvalue weighted by atomic mass is 10.1. The minimum absolute atomic E-state index is 0.340. The van der Waals surface area contributed by atoms with Gasteiger partial charge in [0.2, 0.25) is 0 Å². The molecule has 0 spiro atoms. The van der Waals surface area contributed by atoms with Gasteiger partial charge in [0, 0.05) is 6.04 Å². The van der Waals surface area contributed by atoms with Gasteiger partial charge in [-0.3, -0.25) is 4.99 Å². The van der Waals surface area contributed by atoms with E-state index in [1.165, 1.54) is 5.56 Å². The van der Waals surface area contributed by atoms with Crippen LogP contribution < -0.4 is 0 Å². The molecule has 0 aliphatic heterocycles. The first kappa shape index (κ1) is 12.4. The van der Waals surface area contributed by atoms with E-state index in [0.717, 1.165) is 12.1 Å². The molecule has 1 atom stereocenters. The van der Waals surface area contributed by atoms with E-state index in [-0.39, 0.29) is 0 Å². The molecule has 82 valence electrons. The normalized spacial score (nSPS) is 14.3. The fourth-order valence-electron chi connectivity index (χ4n) is 1.42. The van der Waals surface area contributed by atoms with Crippen LogP contribution in [0.1, 0.15) is 32.8 Å². The number of nitrogens with zero attached hydrogens (tertiary/aromatic N) is 1. The Morgan fingerprint density at radius 2 is 1.87 bits per heavy atom. The lowest BCUT2D eigenvalue weighted by Gasteiger charge is -2.13. The first-order valence-corrected chi connectivity index (χ1v) is 6.34. The summed E-state index contributed by atoms with van der Waals surface area (Å²) in [7, 11) is 0. The van der Waals surface area contributed by atoms with Gasteiger partial charge in [0.05, 0.1) is 10.5 Å². The van der Waals surface area contributed by atoms with Gasteiger partial charge in [0.25, 0.3) is 0 Å². The van der Waals surface area contributed by atoms with Crippen LogP contribution in [0.5, 0.6) is 0 Å². The van der Waals surface area contributed by atoms with Crippen LogP contribution >= 0.6 is 15.9 Å². The Balaban J connectivity index is 3.02. The average Bonchev–Trinajstić information content (AvgIpc) is 2.26. The van der Waals surface area contributed by atoms with Gasteiger partial charge in [-0.2, -0.15) is 0 Å². The number of alkyl halides is 1. The maximum Gasteiger partial charge on any atom is 0.0567 e. The number of rotatable bonds is 4. The zero-order valence-corrected chi connectivity index (χ0v) is 11.2. The standard InChI is InChI=1S/C13H18BrN/c1-4-12(14)13(15-10(2)3)11-8-6-5-7-9-11/h5-10,12H,4H2,1-3H3. The molecule has 1 nitrogen and oxygen atoms in total. The number of aliphatic imine (C=N–C) groups is 1. The van der Waals surface area contributed by atoms with Crippen molar-refractivity contribution in [2.45, 2.75) is 38.1 Å². The summed E-state index contributed by atoms with van der Waals surface area (Å²) in [6.45, 7) is 6.38. The van der Waals surface area contributed by atoms with Crippen molar-refractivity contribution < 1.29 is 0 Å². The maximum atomic E-state index is 4.69. The Kier molecular flexibility index (Phi) is 5.03. The van der Waals surface area contributed by atoms with Gasteiger partial charge < -0.3 is 0 Å². The van der Waals surface area contributed by atoms with Crippen LogP contribution in [0, 0.1) is 0 Å². The summed E-state index contributed by atoms with van der Waals surface area (Å²) >= 11 is 3.68. The molecule has 0 bridgehead atoms. The van der Waals surface area contributed by atoms with E-state index < -0.39 is 0 Å². The topological polar surface area (TPSA) is 12.4 Å². The van der Waals surface area contributed by atoms with E-state index in [2.05, 4.69) is 66.0 Å². The van der Waals surface area contributed by atoms with E-state index in [9.17, 15) is 0 Å². The van der Waals surface area contributed by atoms with Crippen molar-refractivity contribution in [1.82, 2.24) is 0 Å². The molecule has 0 heterocycles. The third kappa shape index (κ3) is 3.78. The number of halogens is 1. The molecule has 0 N–H and O–H groups in total. The zero-order chi connectivity index (χ0) is 11.3. The lowest BCUT2D eigenvalue weighted by molar-refractivity contribution is 0.827. The predicted molar refractivity (Wildman–Crippen MR) is 71.1 cm³/mol. The molecule has 0 saturated carbocycles. The summed E-state index contributed by atoms with van der Waals surface area (Å²) in [5.41, 5.74) is 2.38. The van der Waals surface area contributed by atoms with Crippen molar-refractivity contribution in [3.8, 4) is 0 Å². The highest BCUT2D eigenvalue weighted by Gasteiger charge is 2.12. The Morgan fingerprint density at radius 1 is 1.27 bits per heavy atom. The summed E-state index contributed by atoms with van der Waals surface area (Å²) in [5.74, 6) is 0. The molecule has 0 saturated heterocycles. The van der Waals surface area contributed by atoms with Gasteiger partial charge in [-0.25, -0.2) is 0 Å². The van der Waals surface area contributed by atoms with Crippen LogP contribution in [0.2, 0.25) is 0 Å². The summed E-state index contributed by atoms with van der Waals surface area (Å²) in [5, 5.41) is 0. The van der Waals surface area contributed by atoms with Crippen molar-refractivity contribution >= 4 is 21.6 Å². The fraction of sp³-hybridized carbons (Fsp3) is 0.462. The number of hydrogen-bond acceptors (Lipinski definition) is 1. The minimum atomic E-state index is 0.340. The first-order chi connectivity index (χ1) is 7.15. The average molecular weight is 268 g/mol. The van der Waals surface area contributed by atoms with Gasteiger partial charge in [0.1, 0.15) is 0 Å². The smallest absolute Gasteiger partial charge is 0.0567 e. The van der Waals surface area contributed by atoms with Crippen LogP contribution in [-0.2, 0) is 0 Å². The minimum Gasteiger partial charge on any atom is -0.285 e. The van der Waals surface area contributed by atoms with Crippen LogP contribution in [0.4, 0.5) is 0 Å². The van der Waals surface area contributed by atoms with Crippen molar-refractivity contribution in [3.05, 3.63) is 35.9 Å². The van der Waals surface area contributed by atoms with Gasteiger partial charge in [-0.1, -0.05) is 53.2 Å². The van der Waals surface area contributed by atoms with E-state index in [1.807, 2.05) is 6.07 Å². The van der Waals surface area contributed by atoms with E-state index in [4.69, 9.17) is 0 Å². The number of hydrogen-bond donors (Lipinski definition) is 0. The van der Waals surface area contributed by atoms with Crippen molar-refractivity contribution in [1.29, 1.82) is 0 Å². The summed E-state index contributed by atoms with van der Waals surface area (Å²) in [4.78, 5) is 5.04. The molecule has 0 aliphatic carbocycles. The van der Waals surface area contributed by atoms with E-state index in [1.54, 1.807) is 0 Å². The molecule has 0 aromatic heterocycles. The van der Waals surface area contributed by atoms with Crippen LogP contribution in [0.15, 0.2) is 35.3 Å². The summed E-state index contributed by atoms with van der Waals surface area (Å²) in [6, 6.07) is 10.7. The Hall–Kier alpha value is -0.630. The maximum absolute atomic E-state index is 4.69. The molecular formula is C13H18BrN. The third-order valence-corrected chi connectivity index (χ3v) is 3.20. The van der Waals surface area contributed by atoms with Gasteiger partial charge >= 0.3 is 0 Å².